The van der Waals surface area contributed by atoms with Gasteiger partial charge in [0.15, 0.2) is 5.82 Å². The molecule has 0 radical (unpaired) electrons. The molecule has 0 amide bonds. The molecule has 14 aromatic rings. The molecule has 0 aliphatic carbocycles. The second-order valence-electron chi connectivity index (χ2n) is 18.5. The van der Waals surface area contributed by atoms with Crippen LogP contribution >= 0.6 is 0 Å². The third kappa shape index (κ3) is 6.89. The zero-order valence-corrected chi connectivity index (χ0v) is 38.7. The van der Waals surface area contributed by atoms with Gasteiger partial charge in [-0.15, -0.1) is 0 Å². The van der Waals surface area contributed by atoms with Crippen LogP contribution < -0.4 is 0 Å². The lowest BCUT2D eigenvalue weighted by molar-refractivity contribution is 1.17. The second kappa shape index (κ2) is 16.7. The molecule has 0 aliphatic heterocycles. The monoisotopic (exact) mass is 901 g/mol. The third-order valence-corrected chi connectivity index (χ3v) is 14.4. The quantitative estimate of drug-likeness (QED) is 0.118. The number of nitrogens with zero attached hydrogens (tertiary/aromatic N) is 3. The molecule has 0 unspecified atom stereocenters. The van der Waals surface area contributed by atoms with Gasteiger partial charge in [-0.05, 0) is 113 Å². The van der Waals surface area contributed by atoms with Crippen LogP contribution in [-0.2, 0) is 0 Å². The molecule has 0 saturated carbocycles. The van der Waals surface area contributed by atoms with E-state index in [4.69, 9.17) is 9.97 Å². The van der Waals surface area contributed by atoms with Crippen LogP contribution in [-0.4, -0.2) is 14.5 Å². The van der Waals surface area contributed by atoms with Crippen LogP contribution in [0.1, 0.15) is 0 Å². The van der Waals surface area contributed by atoms with Gasteiger partial charge in [0.1, 0.15) is 0 Å². The Bertz CT molecular complexity index is 4310. The Morgan fingerprint density at radius 1 is 0.254 bits per heavy atom. The number of aromatic nitrogens is 3. The van der Waals surface area contributed by atoms with E-state index in [1.165, 1.54) is 92.7 Å². The summed E-state index contributed by atoms with van der Waals surface area (Å²) in [7, 11) is 0. The maximum atomic E-state index is 5.18. The van der Waals surface area contributed by atoms with Crippen LogP contribution in [0.3, 0.4) is 0 Å². The van der Waals surface area contributed by atoms with E-state index in [0.717, 1.165) is 39.3 Å². The highest BCUT2D eigenvalue weighted by atomic mass is 15.0. The average molecular weight is 902 g/mol. The highest BCUT2D eigenvalue weighted by molar-refractivity contribution is 6.20. The molecule has 71 heavy (non-hydrogen) atoms. The van der Waals surface area contributed by atoms with Gasteiger partial charge in [0.25, 0.3) is 0 Å². The summed E-state index contributed by atoms with van der Waals surface area (Å²) in [5.74, 6) is 0.697. The largest absolute Gasteiger partial charge is 0.309 e. The Morgan fingerprint density at radius 3 is 1.32 bits per heavy atom. The lowest BCUT2D eigenvalue weighted by Crippen LogP contribution is -1.97. The van der Waals surface area contributed by atoms with E-state index in [1.807, 2.05) is 18.2 Å². The maximum absolute atomic E-state index is 5.18. The molecule has 3 heteroatoms. The van der Waals surface area contributed by atoms with E-state index >= 15 is 0 Å². The van der Waals surface area contributed by atoms with Gasteiger partial charge in [0.05, 0.1) is 22.4 Å². The topological polar surface area (TPSA) is 30.7 Å². The van der Waals surface area contributed by atoms with Gasteiger partial charge in [-0.25, -0.2) is 9.97 Å². The molecule has 2 aromatic heterocycles. The molecule has 0 aliphatic rings. The van der Waals surface area contributed by atoms with E-state index in [0.29, 0.717) is 5.82 Å². The number of hydrogen-bond acceptors (Lipinski definition) is 2. The zero-order chi connectivity index (χ0) is 46.8. The first-order valence-electron chi connectivity index (χ1n) is 24.3. The van der Waals surface area contributed by atoms with Crippen LogP contribution in [0, 0.1) is 0 Å². The highest BCUT2D eigenvalue weighted by Crippen LogP contribution is 2.42. The lowest BCUT2D eigenvalue weighted by atomic mass is 9.88. The van der Waals surface area contributed by atoms with E-state index in [2.05, 4.69) is 247 Å². The SMILES string of the molecule is c1ccc(-c2nc(-c3ccc(-c4ccc(-c5ccc(-c6c7ccccc7cc7c6ccc6ccccc67)cc5)c5ccccc45)cc3)cc(-c3ccc(-n4c5ccccc5c5ccccc54)cc3)n2)cc1. The summed E-state index contributed by atoms with van der Waals surface area (Å²) < 4.78 is 2.35. The average Bonchev–Trinajstić information content (AvgIpc) is 3.79. The second-order valence-corrected chi connectivity index (χ2v) is 18.5. The Morgan fingerprint density at radius 2 is 0.718 bits per heavy atom. The molecule has 14 rings (SSSR count). The van der Waals surface area contributed by atoms with Gasteiger partial charge < -0.3 is 4.57 Å². The minimum atomic E-state index is 0.697. The standard InChI is InChI=1S/C68H43N3/c1-2-15-50(16-3-1)68-69-63(43-64(70-68)48-34-37-52(38-35-48)71-65-24-12-10-22-59(65)60-23-11-13-25-66(60)71)47-30-26-45(27-31-47)54-40-41-55(58-21-9-8-20-57(54)58)46-28-32-49(33-29-46)67-56-19-7-5-17-51(56)42-62-53-18-6-4-14-44(53)36-39-61(62)67/h1-43H. The summed E-state index contributed by atoms with van der Waals surface area (Å²) in [4.78, 5) is 10.3. The minimum absolute atomic E-state index is 0.697. The lowest BCUT2D eigenvalue weighted by Gasteiger charge is -2.15. The van der Waals surface area contributed by atoms with E-state index in [-0.39, 0.29) is 0 Å². The Hall–Kier alpha value is -9.44. The van der Waals surface area contributed by atoms with Crippen LogP contribution in [0.25, 0.3) is 138 Å². The maximum Gasteiger partial charge on any atom is 0.160 e. The highest BCUT2D eigenvalue weighted by Gasteiger charge is 2.17. The summed E-state index contributed by atoms with van der Waals surface area (Å²) in [6, 6.07) is 94.2. The number of para-hydroxylation sites is 2. The Kier molecular flexibility index (Phi) is 9.53. The van der Waals surface area contributed by atoms with Crippen molar-refractivity contribution in [3.05, 3.63) is 261 Å². The molecule has 2 heterocycles. The molecular formula is C68H43N3. The molecule has 0 atom stereocenters. The van der Waals surface area contributed by atoms with E-state index in [9.17, 15) is 0 Å². The van der Waals surface area contributed by atoms with Gasteiger partial charge in [-0.2, -0.15) is 0 Å². The number of hydrogen-bond donors (Lipinski definition) is 0. The summed E-state index contributed by atoms with van der Waals surface area (Å²) in [6.45, 7) is 0. The first kappa shape index (κ1) is 40.6. The summed E-state index contributed by atoms with van der Waals surface area (Å²) >= 11 is 0. The Balaban J connectivity index is 0.805. The number of fused-ring (bicyclic) bond motifs is 8. The predicted molar refractivity (Wildman–Crippen MR) is 299 cm³/mol. The fourth-order valence-corrected chi connectivity index (χ4v) is 11.0. The molecule has 0 bridgehead atoms. The molecule has 330 valence electrons. The van der Waals surface area contributed by atoms with Crippen molar-refractivity contribution in [3.63, 3.8) is 0 Å². The van der Waals surface area contributed by atoms with Crippen LogP contribution in [0.4, 0.5) is 0 Å². The smallest absolute Gasteiger partial charge is 0.160 e. The van der Waals surface area contributed by atoms with Gasteiger partial charge in [0.2, 0.25) is 0 Å². The zero-order valence-electron chi connectivity index (χ0n) is 38.7. The van der Waals surface area contributed by atoms with Crippen LogP contribution in [0.5, 0.6) is 0 Å². The predicted octanol–water partition coefficient (Wildman–Crippen LogP) is 18.2. The van der Waals surface area contributed by atoms with Crippen molar-refractivity contribution in [1.82, 2.24) is 14.5 Å². The minimum Gasteiger partial charge on any atom is -0.309 e. The van der Waals surface area contributed by atoms with Gasteiger partial charge in [-0.3, -0.25) is 0 Å². The molecule has 3 nitrogen and oxygen atoms in total. The summed E-state index contributed by atoms with van der Waals surface area (Å²) in [6.07, 6.45) is 0. The molecule has 0 N–H and O–H groups in total. The number of benzene rings is 12. The first-order chi connectivity index (χ1) is 35.2. The third-order valence-electron chi connectivity index (χ3n) is 14.4. The van der Waals surface area contributed by atoms with Gasteiger partial charge in [0, 0.05) is 33.2 Å². The molecule has 0 spiro atoms. The van der Waals surface area contributed by atoms with Crippen LogP contribution in [0.15, 0.2) is 261 Å². The van der Waals surface area contributed by atoms with E-state index in [1.54, 1.807) is 0 Å². The summed E-state index contributed by atoms with van der Waals surface area (Å²) in [5, 5.41) is 12.6. The van der Waals surface area contributed by atoms with Gasteiger partial charge in [-0.1, -0.05) is 224 Å². The summed E-state index contributed by atoms with van der Waals surface area (Å²) in [5.41, 5.74) is 15.5. The van der Waals surface area contributed by atoms with E-state index < -0.39 is 0 Å². The molecule has 0 saturated heterocycles. The fraction of sp³-hybridized carbons (Fsp3) is 0. The first-order valence-corrected chi connectivity index (χ1v) is 24.3. The fourth-order valence-electron chi connectivity index (χ4n) is 11.0. The number of rotatable bonds is 7. The van der Waals surface area contributed by atoms with Crippen molar-refractivity contribution < 1.29 is 0 Å². The van der Waals surface area contributed by atoms with Crippen molar-refractivity contribution in [2.75, 3.05) is 0 Å². The normalized spacial score (nSPS) is 11.7. The molecule has 0 fully saturated rings. The van der Waals surface area contributed by atoms with Crippen molar-refractivity contribution in [2.24, 2.45) is 0 Å². The molecule has 12 aromatic carbocycles. The van der Waals surface area contributed by atoms with Crippen LogP contribution in [0.2, 0.25) is 0 Å². The van der Waals surface area contributed by atoms with Gasteiger partial charge >= 0.3 is 0 Å². The Labute approximate surface area is 411 Å². The van der Waals surface area contributed by atoms with Crippen molar-refractivity contribution >= 4 is 64.9 Å². The van der Waals surface area contributed by atoms with Crippen molar-refractivity contribution in [3.8, 4) is 73.0 Å². The van der Waals surface area contributed by atoms with Crippen molar-refractivity contribution in [1.29, 1.82) is 0 Å². The molecular weight excluding hydrogens is 859 g/mol. The van der Waals surface area contributed by atoms with Crippen molar-refractivity contribution in [2.45, 2.75) is 0 Å².